The van der Waals surface area contributed by atoms with Gasteiger partial charge in [-0.1, -0.05) is 57.7 Å². The molecule has 3 aromatic rings. The van der Waals surface area contributed by atoms with E-state index in [9.17, 15) is 4.79 Å². The summed E-state index contributed by atoms with van der Waals surface area (Å²) in [5, 5.41) is 9.22. The molecule has 1 atom stereocenters. The van der Waals surface area contributed by atoms with Gasteiger partial charge < -0.3 is 9.32 Å². The maximum atomic E-state index is 13.3. The zero-order valence-corrected chi connectivity index (χ0v) is 20.3. The molecule has 7 heteroatoms. The Hall–Kier alpha value is -2.80. The van der Waals surface area contributed by atoms with Crippen LogP contribution in [0, 0.1) is 0 Å². The second-order valence-corrected chi connectivity index (χ2v) is 10.4. The number of allylic oxidation sites excluding steroid dienone is 2. The standard InChI is InChI=1S/C25H30N4O2S/c1-16(2)23-26-27-24(29(23)15-18-10-9-13-31-18)32-17(3)21(30)14-22-25(4,5)19-11-7-8-12-20(19)28(22)6/h7-14,16-17H,15H2,1-6H3/b22-14-/t17-/m0/s1. The molecule has 0 radical (unpaired) electrons. The number of benzene rings is 1. The number of likely N-dealkylation sites (N-methyl/N-ethyl adjacent to an activating group) is 1. The number of carbonyl (C=O) groups is 1. The van der Waals surface area contributed by atoms with Crippen molar-refractivity contribution in [3.8, 4) is 0 Å². The lowest BCUT2D eigenvalue weighted by atomic mass is 9.83. The first-order valence-electron chi connectivity index (χ1n) is 10.9. The third-order valence-corrected chi connectivity index (χ3v) is 7.16. The van der Waals surface area contributed by atoms with Crippen molar-refractivity contribution in [2.75, 3.05) is 11.9 Å². The number of thioether (sulfide) groups is 1. The minimum absolute atomic E-state index is 0.0661. The Labute approximate surface area is 193 Å². The first-order valence-corrected chi connectivity index (χ1v) is 11.8. The quantitative estimate of drug-likeness (QED) is 0.355. The fraction of sp³-hybridized carbons (Fsp3) is 0.400. The molecule has 168 valence electrons. The number of fused-ring (bicyclic) bond motifs is 1. The molecule has 0 saturated carbocycles. The first-order chi connectivity index (χ1) is 15.2. The molecule has 0 aliphatic carbocycles. The molecule has 0 bridgehead atoms. The summed E-state index contributed by atoms with van der Waals surface area (Å²) in [5.41, 5.74) is 3.17. The number of furan rings is 1. The highest BCUT2D eigenvalue weighted by atomic mass is 32.2. The summed E-state index contributed by atoms with van der Waals surface area (Å²) >= 11 is 1.44. The van der Waals surface area contributed by atoms with Crippen molar-refractivity contribution in [3.05, 3.63) is 71.6 Å². The summed E-state index contributed by atoms with van der Waals surface area (Å²) in [7, 11) is 2.03. The summed E-state index contributed by atoms with van der Waals surface area (Å²) < 4.78 is 7.58. The van der Waals surface area contributed by atoms with Crippen LogP contribution in [-0.4, -0.2) is 32.8 Å². The molecule has 32 heavy (non-hydrogen) atoms. The third-order valence-electron chi connectivity index (χ3n) is 6.06. The van der Waals surface area contributed by atoms with Gasteiger partial charge >= 0.3 is 0 Å². The molecule has 0 fully saturated rings. The number of ketones is 1. The van der Waals surface area contributed by atoms with E-state index in [-0.39, 0.29) is 22.4 Å². The molecule has 0 amide bonds. The maximum absolute atomic E-state index is 13.3. The van der Waals surface area contributed by atoms with Crippen LogP contribution in [0.2, 0.25) is 0 Å². The highest BCUT2D eigenvalue weighted by Crippen LogP contribution is 2.46. The van der Waals surface area contributed by atoms with Gasteiger partial charge in [0.25, 0.3) is 0 Å². The van der Waals surface area contributed by atoms with Crippen LogP contribution in [0.25, 0.3) is 0 Å². The van der Waals surface area contributed by atoms with Gasteiger partial charge in [-0.2, -0.15) is 0 Å². The predicted octanol–water partition coefficient (Wildman–Crippen LogP) is 5.40. The molecular formula is C25H30N4O2S. The van der Waals surface area contributed by atoms with Crippen molar-refractivity contribution in [2.45, 2.75) is 62.9 Å². The fourth-order valence-electron chi connectivity index (χ4n) is 4.25. The van der Waals surface area contributed by atoms with Gasteiger partial charge in [-0.15, -0.1) is 10.2 Å². The van der Waals surface area contributed by atoms with E-state index < -0.39 is 0 Å². The molecule has 0 N–H and O–H groups in total. The largest absolute Gasteiger partial charge is 0.467 e. The molecule has 1 aliphatic heterocycles. The van der Waals surface area contributed by atoms with E-state index in [1.54, 1.807) is 12.3 Å². The third kappa shape index (κ3) is 4.01. The van der Waals surface area contributed by atoms with E-state index in [2.05, 4.69) is 61.0 Å². The van der Waals surface area contributed by atoms with Crippen LogP contribution in [-0.2, 0) is 16.8 Å². The molecule has 3 heterocycles. The minimum Gasteiger partial charge on any atom is -0.467 e. The smallest absolute Gasteiger partial charge is 0.192 e. The van der Waals surface area contributed by atoms with Gasteiger partial charge in [0.2, 0.25) is 0 Å². The highest BCUT2D eigenvalue weighted by molar-refractivity contribution is 8.00. The van der Waals surface area contributed by atoms with E-state index in [4.69, 9.17) is 4.42 Å². The number of aromatic nitrogens is 3. The van der Waals surface area contributed by atoms with Crippen LogP contribution in [0.15, 0.2) is 64.0 Å². The van der Waals surface area contributed by atoms with Crippen molar-refractivity contribution in [1.82, 2.24) is 14.8 Å². The molecule has 0 saturated heterocycles. The predicted molar refractivity (Wildman–Crippen MR) is 128 cm³/mol. The summed E-state index contributed by atoms with van der Waals surface area (Å²) in [5.74, 6) is 2.00. The van der Waals surface area contributed by atoms with Crippen LogP contribution in [0.3, 0.4) is 0 Å². The van der Waals surface area contributed by atoms with Crippen molar-refractivity contribution in [2.24, 2.45) is 0 Å². The van der Waals surface area contributed by atoms with Crippen LogP contribution >= 0.6 is 11.8 Å². The number of nitrogens with zero attached hydrogens (tertiary/aromatic N) is 4. The molecule has 0 unspecified atom stereocenters. The van der Waals surface area contributed by atoms with Gasteiger partial charge in [0.1, 0.15) is 11.6 Å². The maximum Gasteiger partial charge on any atom is 0.192 e. The van der Waals surface area contributed by atoms with E-state index in [0.29, 0.717) is 6.54 Å². The molecule has 4 rings (SSSR count). The zero-order chi connectivity index (χ0) is 23.0. The fourth-order valence-corrected chi connectivity index (χ4v) is 5.12. The average Bonchev–Trinajstić information content (AvgIpc) is 3.45. The van der Waals surface area contributed by atoms with Gasteiger partial charge in [-0.25, -0.2) is 0 Å². The summed E-state index contributed by atoms with van der Waals surface area (Å²) in [4.78, 5) is 15.4. The van der Waals surface area contributed by atoms with Gasteiger partial charge in [0.05, 0.1) is 18.1 Å². The Balaban J connectivity index is 1.57. The second kappa shape index (κ2) is 8.62. The SMILES string of the molecule is CC(C)c1nnc(S[C@@H](C)C(=O)/C=C2\N(C)c3ccccc3C2(C)C)n1Cc1ccco1. The normalized spacial score (nSPS) is 17.2. The average molecular weight is 451 g/mol. The van der Waals surface area contributed by atoms with Crippen LogP contribution in [0.5, 0.6) is 0 Å². The number of carbonyl (C=O) groups excluding carboxylic acids is 1. The van der Waals surface area contributed by atoms with Gasteiger partial charge in [-0.3, -0.25) is 9.36 Å². The molecule has 1 aliphatic rings. The molecule has 1 aromatic carbocycles. The summed E-state index contributed by atoms with van der Waals surface area (Å²) in [6.45, 7) is 11.0. The molecular weight excluding hydrogens is 420 g/mol. The number of anilines is 1. The first kappa shape index (κ1) is 22.4. The Morgan fingerprint density at radius 1 is 1.16 bits per heavy atom. The van der Waals surface area contributed by atoms with E-state index >= 15 is 0 Å². The van der Waals surface area contributed by atoms with Crippen LogP contribution in [0.4, 0.5) is 5.69 Å². The Bertz CT molecular complexity index is 1140. The van der Waals surface area contributed by atoms with Crippen molar-refractivity contribution >= 4 is 23.2 Å². The number of hydrogen-bond donors (Lipinski definition) is 0. The topological polar surface area (TPSA) is 64.2 Å². The monoisotopic (exact) mass is 450 g/mol. The van der Waals surface area contributed by atoms with E-state index in [1.165, 1.54) is 17.3 Å². The Morgan fingerprint density at radius 3 is 2.56 bits per heavy atom. The molecule has 0 spiro atoms. The minimum atomic E-state index is -0.296. The summed E-state index contributed by atoms with van der Waals surface area (Å²) in [6, 6.07) is 12.1. The van der Waals surface area contributed by atoms with E-state index in [1.807, 2.05) is 36.7 Å². The van der Waals surface area contributed by atoms with E-state index in [0.717, 1.165) is 28.1 Å². The Kier molecular flexibility index (Phi) is 6.03. The molecule has 2 aromatic heterocycles. The molecule has 6 nitrogen and oxygen atoms in total. The van der Waals surface area contributed by atoms with Crippen molar-refractivity contribution in [3.63, 3.8) is 0 Å². The highest BCUT2D eigenvalue weighted by Gasteiger charge is 2.39. The van der Waals surface area contributed by atoms with Gasteiger partial charge in [0, 0.05) is 35.8 Å². The van der Waals surface area contributed by atoms with Crippen LogP contribution in [0.1, 0.15) is 57.7 Å². The van der Waals surface area contributed by atoms with Crippen molar-refractivity contribution in [1.29, 1.82) is 0 Å². The lowest BCUT2D eigenvalue weighted by Gasteiger charge is -2.24. The summed E-state index contributed by atoms with van der Waals surface area (Å²) in [6.07, 6.45) is 3.46. The van der Waals surface area contributed by atoms with Crippen molar-refractivity contribution < 1.29 is 9.21 Å². The zero-order valence-electron chi connectivity index (χ0n) is 19.5. The lowest BCUT2D eigenvalue weighted by Crippen LogP contribution is -2.25. The second-order valence-electron chi connectivity index (χ2n) is 9.05. The number of hydrogen-bond acceptors (Lipinski definition) is 6. The number of para-hydroxylation sites is 1. The van der Waals surface area contributed by atoms with Gasteiger partial charge in [-0.05, 0) is 30.7 Å². The van der Waals surface area contributed by atoms with Crippen LogP contribution < -0.4 is 4.90 Å². The Morgan fingerprint density at radius 2 is 1.91 bits per heavy atom. The number of rotatable bonds is 7. The lowest BCUT2D eigenvalue weighted by molar-refractivity contribution is -0.114. The van der Waals surface area contributed by atoms with Gasteiger partial charge in [0.15, 0.2) is 10.9 Å².